The molecule has 0 spiro atoms. The van der Waals surface area contributed by atoms with Gasteiger partial charge in [0.1, 0.15) is 0 Å². The Labute approximate surface area is 100 Å². The van der Waals surface area contributed by atoms with Gasteiger partial charge in [-0.1, -0.05) is 26.0 Å². The fraction of sp³-hybridized carbons (Fsp3) is 0.357. The number of rotatable bonds is 3. The Bertz CT molecular complexity index is 584. The molecule has 1 aromatic carbocycles. The SMILES string of the molecule is COCc1cc(=O)c2cccc(C(C)C)c2[nH]1. The Balaban J connectivity index is 2.74. The lowest BCUT2D eigenvalue weighted by Crippen LogP contribution is -2.07. The normalized spacial score (nSPS) is 11.3. The van der Waals surface area contributed by atoms with E-state index in [1.165, 1.54) is 0 Å². The molecule has 1 N–H and O–H groups in total. The average Bonchev–Trinajstić information content (AvgIpc) is 2.28. The van der Waals surface area contributed by atoms with Crippen molar-refractivity contribution >= 4 is 10.9 Å². The lowest BCUT2D eigenvalue weighted by Gasteiger charge is -2.11. The van der Waals surface area contributed by atoms with E-state index in [-0.39, 0.29) is 5.43 Å². The van der Waals surface area contributed by atoms with Crippen LogP contribution in [0.5, 0.6) is 0 Å². The molecule has 0 bridgehead atoms. The van der Waals surface area contributed by atoms with Gasteiger partial charge in [-0.25, -0.2) is 0 Å². The second-order valence-corrected chi connectivity index (χ2v) is 4.52. The third-order valence-corrected chi connectivity index (χ3v) is 2.87. The van der Waals surface area contributed by atoms with Crippen LogP contribution in [0, 0.1) is 0 Å². The van der Waals surface area contributed by atoms with Gasteiger partial charge in [0.15, 0.2) is 5.43 Å². The minimum Gasteiger partial charge on any atom is -0.378 e. The second kappa shape index (κ2) is 4.72. The molecular formula is C14H17NO2. The third-order valence-electron chi connectivity index (χ3n) is 2.87. The predicted octanol–water partition coefficient (Wildman–Crippen LogP) is 2.80. The van der Waals surface area contributed by atoms with Crippen molar-refractivity contribution < 1.29 is 4.74 Å². The molecule has 0 unspecified atom stereocenters. The topological polar surface area (TPSA) is 42.1 Å². The highest BCUT2D eigenvalue weighted by atomic mass is 16.5. The van der Waals surface area contributed by atoms with E-state index in [1.54, 1.807) is 13.2 Å². The van der Waals surface area contributed by atoms with Crippen LogP contribution < -0.4 is 5.43 Å². The summed E-state index contributed by atoms with van der Waals surface area (Å²) in [5.41, 5.74) is 2.96. The zero-order chi connectivity index (χ0) is 12.4. The zero-order valence-electron chi connectivity index (χ0n) is 10.4. The van der Waals surface area contributed by atoms with Gasteiger partial charge in [-0.3, -0.25) is 4.79 Å². The van der Waals surface area contributed by atoms with Crippen LogP contribution in [0.15, 0.2) is 29.1 Å². The van der Waals surface area contributed by atoms with Crippen LogP contribution in [0.1, 0.15) is 31.0 Å². The standard InChI is InChI=1S/C14H17NO2/c1-9(2)11-5-4-6-12-13(16)7-10(8-17-3)15-14(11)12/h4-7,9H,8H2,1-3H3,(H,15,16). The van der Waals surface area contributed by atoms with Crippen molar-refractivity contribution in [3.05, 3.63) is 45.7 Å². The molecule has 0 atom stereocenters. The fourth-order valence-electron chi connectivity index (χ4n) is 2.06. The van der Waals surface area contributed by atoms with Crippen LogP contribution in [0.2, 0.25) is 0 Å². The molecular weight excluding hydrogens is 214 g/mol. The Morgan fingerprint density at radius 2 is 2.12 bits per heavy atom. The van der Waals surface area contributed by atoms with Gasteiger partial charge in [-0.2, -0.15) is 0 Å². The van der Waals surface area contributed by atoms with Gasteiger partial charge >= 0.3 is 0 Å². The summed E-state index contributed by atoms with van der Waals surface area (Å²) in [6.07, 6.45) is 0. The molecule has 0 saturated heterocycles. The number of fused-ring (bicyclic) bond motifs is 1. The first-order chi connectivity index (χ1) is 8.13. The lowest BCUT2D eigenvalue weighted by atomic mass is 9.99. The quantitative estimate of drug-likeness (QED) is 0.882. The van der Waals surface area contributed by atoms with E-state index in [0.29, 0.717) is 12.5 Å². The van der Waals surface area contributed by atoms with E-state index in [1.807, 2.05) is 12.1 Å². The molecule has 90 valence electrons. The number of aromatic amines is 1. The summed E-state index contributed by atoms with van der Waals surface area (Å²) in [4.78, 5) is 15.3. The number of hydrogen-bond acceptors (Lipinski definition) is 2. The average molecular weight is 231 g/mol. The summed E-state index contributed by atoms with van der Waals surface area (Å²) in [5, 5.41) is 0.746. The largest absolute Gasteiger partial charge is 0.378 e. The first-order valence-corrected chi connectivity index (χ1v) is 5.77. The molecule has 2 aromatic rings. The number of H-pyrrole nitrogens is 1. The molecule has 0 aliphatic rings. The van der Waals surface area contributed by atoms with E-state index in [4.69, 9.17) is 4.74 Å². The molecule has 2 rings (SSSR count). The molecule has 0 radical (unpaired) electrons. The minimum atomic E-state index is 0.0494. The molecule has 0 fully saturated rings. The number of hydrogen-bond donors (Lipinski definition) is 1. The highest BCUT2D eigenvalue weighted by Crippen LogP contribution is 2.22. The highest BCUT2D eigenvalue weighted by molar-refractivity contribution is 5.82. The van der Waals surface area contributed by atoms with Crippen LogP contribution in [-0.2, 0) is 11.3 Å². The number of nitrogens with one attached hydrogen (secondary N) is 1. The monoisotopic (exact) mass is 231 g/mol. The maximum atomic E-state index is 12.0. The zero-order valence-corrected chi connectivity index (χ0v) is 10.4. The highest BCUT2D eigenvalue weighted by Gasteiger charge is 2.08. The second-order valence-electron chi connectivity index (χ2n) is 4.52. The van der Waals surface area contributed by atoms with Crippen molar-refractivity contribution in [1.29, 1.82) is 0 Å². The van der Waals surface area contributed by atoms with Gasteiger partial charge in [0.05, 0.1) is 12.1 Å². The minimum absolute atomic E-state index is 0.0494. The molecule has 1 heterocycles. The van der Waals surface area contributed by atoms with Gasteiger partial charge in [0.25, 0.3) is 0 Å². The summed E-state index contributed by atoms with van der Waals surface area (Å²) in [5.74, 6) is 0.382. The van der Waals surface area contributed by atoms with Crippen LogP contribution in [0.4, 0.5) is 0 Å². The van der Waals surface area contributed by atoms with Gasteiger partial charge < -0.3 is 9.72 Å². The maximum Gasteiger partial charge on any atom is 0.189 e. The lowest BCUT2D eigenvalue weighted by molar-refractivity contribution is 0.181. The molecule has 0 aliphatic heterocycles. The smallest absolute Gasteiger partial charge is 0.189 e. The molecule has 0 saturated carbocycles. The number of benzene rings is 1. The van der Waals surface area contributed by atoms with Crippen molar-refractivity contribution in [2.45, 2.75) is 26.4 Å². The van der Waals surface area contributed by atoms with Crippen LogP contribution >= 0.6 is 0 Å². The number of para-hydroxylation sites is 1. The van der Waals surface area contributed by atoms with Gasteiger partial charge in [0, 0.05) is 24.3 Å². The molecule has 1 aromatic heterocycles. The molecule has 0 aliphatic carbocycles. The van der Waals surface area contributed by atoms with Crippen LogP contribution in [0.3, 0.4) is 0 Å². The van der Waals surface area contributed by atoms with Crippen molar-refractivity contribution in [3.63, 3.8) is 0 Å². The Morgan fingerprint density at radius 1 is 1.35 bits per heavy atom. The van der Waals surface area contributed by atoms with Crippen molar-refractivity contribution in [3.8, 4) is 0 Å². The molecule has 0 amide bonds. The van der Waals surface area contributed by atoms with Gasteiger partial charge in [-0.15, -0.1) is 0 Å². The number of methoxy groups -OCH3 is 1. The molecule has 3 heteroatoms. The first-order valence-electron chi connectivity index (χ1n) is 5.77. The Morgan fingerprint density at radius 3 is 2.76 bits per heavy atom. The summed E-state index contributed by atoms with van der Waals surface area (Å²) in [7, 11) is 1.62. The summed E-state index contributed by atoms with van der Waals surface area (Å²) in [6.45, 7) is 4.67. The summed E-state index contributed by atoms with van der Waals surface area (Å²) >= 11 is 0. The van der Waals surface area contributed by atoms with E-state index < -0.39 is 0 Å². The van der Waals surface area contributed by atoms with E-state index >= 15 is 0 Å². The maximum absolute atomic E-state index is 12.0. The molecule has 3 nitrogen and oxygen atoms in total. The third kappa shape index (κ3) is 2.24. The van der Waals surface area contributed by atoms with Crippen molar-refractivity contribution in [1.82, 2.24) is 4.98 Å². The van der Waals surface area contributed by atoms with Crippen LogP contribution in [0.25, 0.3) is 10.9 Å². The van der Waals surface area contributed by atoms with Gasteiger partial charge in [0.2, 0.25) is 0 Å². The van der Waals surface area contributed by atoms with Crippen molar-refractivity contribution in [2.75, 3.05) is 7.11 Å². The van der Waals surface area contributed by atoms with E-state index in [2.05, 4.69) is 24.9 Å². The Hall–Kier alpha value is -1.61. The van der Waals surface area contributed by atoms with Crippen LogP contribution in [-0.4, -0.2) is 12.1 Å². The number of aromatic nitrogens is 1. The van der Waals surface area contributed by atoms with E-state index in [9.17, 15) is 4.79 Å². The number of pyridine rings is 1. The van der Waals surface area contributed by atoms with E-state index in [0.717, 1.165) is 22.2 Å². The number of ether oxygens (including phenoxy) is 1. The predicted molar refractivity (Wildman–Crippen MR) is 69.4 cm³/mol. The van der Waals surface area contributed by atoms with Crippen molar-refractivity contribution in [2.24, 2.45) is 0 Å². The first kappa shape index (κ1) is 11.9. The summed E-state index contributed by atoms with van der Waals surface area (Å²) < 4.78 is 5.06. The molecule has 17 heavy (non-hydrogen) atoms. The fourth-order valence-corrected chi connectivity index (χ4v) is 2.06. The van der Waals surface area contributed by atoms with Gasteiger partial charge in [-0.05, 0) is 17.5 Å². The Kier molecular flexibility index (Phi) is 3.29. The summed E-state index contributed by atoms with van der Waals surface area (Å²) in [6, 6.07) is 7.45.